The average molecular weight is 540 g/mol. The fourth-order valence-corrected chi connectivity index (χ4v) is 6.70. The molecule has 1 amide bonds. The minimum atomic E-state index is -0.254. The molecule has 6 nitrogen and oxygen atoms in total. The van der Waals surface area contributed by atoms with Crippen molar-refractivity contribution >= 4 is 33.1 Å². The van der Waals surface area contributed by atoms with Gasteiger partial charge in [-0.25, -0.2) is 4.98 Å². The summed E-state index contributed by atoms with van der Waals surface area (Å²) in [7, 11) is 3.18. The Hall–Kier alpha value is -3.89. The number of amides is 1. The van der Waals surface area contributed by atoms with Crippen LogP contribution in [0.25, 0.3) is 22.2 Å². The van der Waals surface area contributed by atoms with Gasteiger partial charge in [-0.1, -0.05) is 45.4 Å². The van der Waals surface area contributed by atoms with E-state index in [1.54, 1.807) is 31.6 Å². The lowest BCUT2D eigenvalue weighted by molar-refractivity contribution is 0.102. The van der Waals surface area contributed by atoms with Crippen LogP contribution in [0.3, 0.4) is 0 Å². The van der Waals surface area contributed by atoms with Crippen molar-refractivity contribution in [2.45, 2.75) is 46.5 Å². The number of rotatable bonds is 7. The number of nitrogens with zero attached hydrogens (tertiary/aromatic N) is 2. The number of benzene rings is 2. The predicted octanol–water partition coefficient (Wildman–Crippen LogP) is 7.65. The summed E-state index contributed by atoms with van der Waals surface area (Å²) >= 11 is 1.55. The summed E-state index contributed by atoms with van der Waals surface area (Å²) in [6, 6.07) is 17.4. The molecule has 39 heavy (non-hydrogen) atoms. The van der Waals surface area contributed by atoms with Gasteiger partial charge >= 0.3 is 0 Å². The number of para-hydroxylation sites is 1. The van der Waals surface area contributed by atoms with Crippen LogP contribution < -0.4 is 14.8 Å². The number of thiophene rings is 1. The van der Waals surface area contributed by atoms with Crippen molar-refractivity contribution in [3.8, 4) is 28.8 Å². The van der Waals surface area contributed by atoms with E-state index in [1.165, 1.54) is 4.88 Å². The van der Waals surface area contributed by atoms with E-state index < -0.39 is 0 Å². The minimum Gasteiger partial charge on any atom is -0.493 e. The topological polar surface area (TPSA) is 84.2 Å². The van der Waals surface area contributed by atoms with Crippen LogP contribution in [-0.2, 0) is 12.8 Å². The molecule has 0 aliphatic heterocycles. The lowest BCUT2D eigenvalue weighted by atomic mass is 9.69. The summed E-state index contributed by atoms with van der Waals surface area (Å²) in [6.07, 6.45) is 4.01. The molecule has 0 saturated heterocycles. The maximum Gasteiger partial charge on any atom is 0.257 e. The van der Waals surface area contributed by atoms with Crippen molar-refractivity contribution in [2.75, 3.05) is 19.5 Å². The number of pyridine rings is 1. The normalized spacial score (nSPS) is 14.9. The van der Waals surface area contributed by atoms with Crippen LogP contribution in [0.1, 0.15) is 60.0 Å². The molecule has 4 aromatic rings. The molecule has 2 aromatic heterocycles. The van der Waals surface area contributed by atoms with Gasteiger partial charge in [-0.15, -0.1) is 11.3 Å². The maximum absolute atomic E-state index is 13.8. The van der Waals surface area contributed by atoms with E-state index in [9.17, 15) is 10.1 Å². The van der Waals surface area contributed by atoms with Gasteiger partial charge in [0.25, 0.3) is 5.91 Å². The van der Waals surface area contributed by atoms with E-state index in [1.807, 2.05) is 42.5 Å². The second-order valence-electron chi connectivity index (χ2n) is 10.7. The van der Waals surface area contributed by atoms with Gasteiger partial charge in [0.15, 0.2) is 11.5 Å². The molecule has 0 fully saturated rings. The third-order valence-electron chi connectivity index (χ3n) is 8.26. The Balaban J connectivity index is 1.52. The first-order valence-corrected chi connectivity index (χ1v) is 14.1. The van der Waals surface area contributed by atoms with Crippen LogP contribution in [0.15, 0.2) is 48.5 Å². The number of anilines is 1. The molecule has 1 N–H and O–H groups in total. The summed E-state index contributed by atoms with van der Waals surface area (Å²) in [5, 5.41) is 14.5. The van der Waals surface area contributed by atoms with Crippen LogP contribution in [0.4, 0.5) is 5.00 Å². The van der Waals surface area contributed by atoms with Crippen LogP contribution in [0, 0.1) is 22.7 Å². The summed E-state index contributed by atoms with van der Waals surface area (Å²) in [5.74, 6) is 1.52. The van der Waals surface area contributed by atoms with Gasteiger partial charge in [-0.2, -0.15) is 5.26 Å². The Bertz CT molecular complexity index is 1600. The van der Waals surface area contributed by atoms with Gasteiger partial charge in [-0.3, -0.25) is 4.79 Å². The van der Waals surface area contributed by atoms with Crippen molar-refractivity contribution < 1.29 is 14.3 Å². The zero-order chi connectivity index (χ0) is 27.7. The van der Waals surface area contributed by atoms with Crippen molar-refractivity contribution in [3.63, 3.8) is 0 Å². The van der Waals surface area contributed by atoms with Crippen molar-refractivity contribution in [1.82, 2.24) is 4.98 Å². The molecule has 0 spiro atoms. The number of fused-ring (bicyclic) bond motifs is 2. The van der Waals surface area contributed by atoms with Gasteiger partial charge in [0.2, 0.25) is 0 Å². The molecule has 1 unspecified atom stereocenters. The van der Waals surface area contributed by atoms with Crippen molar-refractivity contribution in [3.05, 3.63) is 70.1 Å². The fraction of sp³-hybridized carbons (Fsp3) is 0.344. The summed E-state index contributed by atoms with van der Waals surface area (Å²) in [4.78, 5) is 19.9. The largest absolute Gasteiger partial charge is 0.493 e. The Kier molecular flexibility index (Phi) is 7.33. The number of carbonyl (C=O) groups excluding carboxylic acids is 1. The van der Waals surface area contributed by atoms with E-state index in [-0.39, 0.29) is 11.3 Å². The molecule has 1 aliphatic carbocycles. The van der Waals surface area contributed by atoms with Gasteiger partial charge < -0.3 is 14.8 Å². The predicted molar refractivity (Wildman–Crippen MR) is 157 cm³/mol. The molecule has 0 radical (unpaired) electrons. The third-order valence-corrected chi connectivity index (χ3v) is 9.43. The SMILES string of the molecule is CCC(C)(C)C1CCc2c(sc(NC(=O)c3cc(-c4ccc(OC)c(OC)c4)nc4ccccc34)c2C#N)C1. The highest BCUT2D eigenvalue weighted by Crippen LogP contribution is 2.45. The number of aromatic nitrogens is 1. The second kappa shape index (κ2) is 10.7. The molecule has 0 bridgehead atoms. The van der Waals surface area contributed by atoms with Crippen LogP contribution in [-0.4, -0.2) is 25.1 Å². The first-order chi connectivity index (χ1) is 18.8. The Morgan fingerprint density at radius 1 is 1.15 bits per heavy atom. The van der Waals surface area contributed by atoms with Gasteiger partial charge in [0.1, 0.15) is 11.1 Å². The van der Waals surface area contributed by atoms with E-state index in [4.69, 9.17) is 14.5 Å². The number of nitrogens with one attached hydrogen (secondary N) is 1. The van der Waals surface area contributed by atoms with Crippen molar-refractivity contribution in [1.29, 1.82) is 5.26 Å². The van der Waals surface area contributed by atoms with E-state index in [0.29, 0.717) is 44.8 Å². The van der Waals surface area contributed by atoms with Crippen LogP contribution in [0.5, 0.6) is 11.5 Å². The van der Waals surface area contributed by atoms with Gasteiger partial charge in [0.05, 0.1) is 36.6 Å². The zero-order valence-corrected chi connectivity index (χ0v) is 23.9. The number of carbonyl (C=O) groups is 1. The van der Waals surface area contributed by atoms with Crippen molar-refractivity contribution in [2.24, 2.45) is 11.3 Å². The van der Waals surface area contributed by atoms with E-state index in [2.05, 4.69) is 32.2 Å². The summed E-state index contributed by atoms with van der Waals surface area (Å²) < 4.78 is 10.9. The van der Waals surface area contributed by atoms with Crippen LogP contribution >= 0.6 is 11.3 Å². The number of nitriles is 1. The van der Waals surface area contributed by atoms with E-state index in [0.717, 1.165) is 42.2 Å². The molecule has 1 aliphatic rings. The number of hydrogen-bond acceptors (Lipinski definition) is 6. The standard InChI is InChI=1S/C32H33N3O3S/c1-6-32(2,3)20-12-13-22-24(18-33)31(39-29(22)16-20)35-30(36)23-17-26(34-25-10-8-7-9-21(23)25)19-11-14-27(37-4)28(15-19)38-5/h7-11,14-15,17,20H,6,12-13,16H2,1-5H3,(H,35,36). The lowest BCUT2D eigenvalue weighted by Crippen LogP contribution is -2.28. The number of methoxy groups -OCH3 is 2. The molecule has 7 heteroatoms. The summed E-state index contributed by atoms with van der Waals surface area (Å²) in [6.45, 7) is 6.90. The highest BCUT2D eigenvalue weighted by molar-refractivity contribution is 7.16. The maximum atomic E-state index is 13.8. The van der Waals surface area contributed by atoms with E-state index >= 15 is 0 Å². The Morgan fingerprint density at radius 2 is 1.92 bits per heavy atom. The Labute approximate surface area is 233 Å². The molecule has 200 valence electrons. The smallest absolute Gasteiger partial charge is 0.257 e. The van der Waals surface area contributed by atoms with Gasteiger partial charge in [0, 0.05) is 15.8 Å². The molecule has 1 atom stereocenters. The molecule has 2 aromatic carbocycles. The quantitative estimate of drug-likeness (QED) is 0.261. The minimum absolute atomic E-state index is 0.244. The second-order valence-corrected chi connectivity index (χ2v) is 11.8. The summed E-state index contributed by atoms with van der Waals surface area (Å²) in [5.41, 5.74) is 4.63. The van der Waals surface area contributed by atoms with Crippen LogP contribution in [0.2, 0.25) is 0 Å². The first kappa shape index (κ1) is 26.7. The monoisotopic (exact) mass is 539 g/mol. The lowest BCUT2D eigenvalue weighted by Gasteiger charge is -2.36. The fourth-order valence-electron chi connectivity index (χ4n) is 5.43. The molecule has 2 heterocycles. The molecular weight excluding hydrogens is 506 g/mol. The average Bonchev–Trinajstić information content (AvgIpc) is 3.32. The molecule has 5 rings (SSSR count). The third kappa shape index (κ3) is 4.97. The Morgan fingerprint density at radius 3 is 2.64 bits per heavy atom. The molecule has 0 saturated carbocycles. The highest BCUT2D eigenvalue weighted by atomic mass is 32.1. The zero-order valence-electron chi connectivity index (χ0n) is 23.1. The van der Waals surface area contributed by atoms with Gasteiger partial charge in [-0.05, 0) is 66.5 Å². The number of ether oxygens (including phenoxy) is 2. The highest BCUT2D eigenvalue weighted by Gasteiger charge is 2.34. The first-order valence-electron chi connectivity index (χ1n) is 13.3. The number of hydrogen-bond donors (Lipinski definition) is 1. The molecular formula is C32H33N3O3S.